The van der Waals surface area contributed by atoms with E-state index in [9.17, 15) is 0 Å². The van der Waals surface area contributed by atoms with Crippen molar-refractivity contribution in [2.24, 2.45) is 0 Å². The minimum absolute atomic E-state index is 0.770. The summed E-state index contributed by atoms with van der Waals surface area (Å²) in [6.07, 6.45) is 2.26. The summed E-state index contributed by atoms with van der Waals surface area (Å²) >= 11 is 2.27. The van der Waals surface area contributed by atoms with Gasteiger partial charge in [0.1, 0.15) is 0 Å². The number of allylic oxidation sites excluding steroid dienone is 1. The molecule has 0 aliphatic heterocycles. The van der Waals surface area contributed by atoms with Crippen LogP contribution in [0.4, 0.5) is 0 Å². The highest BCUT2D eigenvalue weighted by molar-refractivity contribution is 14.1. The summed E-state index contributed by atoms with van der Waals surface area (Å²) in [5, 5.41) is 0. The molecule has 0 heterocycles. The first-order valence-electron chi connectivity index (χ1n) is 2.81. The Labute approximate surface area is 66.5 Å². The van der Waals surface area contributed by atoms with E-state index >= 15 is 0 Å². The van der Waals surface area contributed by atoms with Gasteiger partial charge in [-0.15, -0.1) is 0 Å². The van der Waals surface area contributed by atoms with Crippen LogP contribution < -0.4 is 0 Å². The Bertz CT molecular complexity index is 81.0. The average molecular weight is 240 g/mol. The van der Waals surface area contributed by atoms with Crippen LogP contribution >= 0.6 is 22.6 Å². The van der Waals surface area contributed by atoms with Gasteiger partial charge in [-0.2, -0.15) is 0 Å². The molecule has 0 saturated heterocycles. The van der Waals surface area contributed by atoms with Gasteiger partial charge >= 0.3 is 0 Å². The zero-order chi connectivity index (χ0) is 6.62. The second kappa shape index (κ2) is 3.66. The molecule has 0 amide bonds. The molecule has 0 aromatic carbocycles. The fourth-order valence-corrected chi connectivity index (χ4v) is 1.96. The van der Waals surface area contributed by atoms with E-state index < -0.39 is 8.07 Å². The highest BCUT2D eigenvalue weighted by Gasteiger charge is 2.08. The lowest BCUT2D eigenvalue weighted by Crippen LogP contribution is -2.17. The molecule has 0 atom stereocenters. The topological polar surface area (TPSA) is 0 Å². The molecule has 0 aliphatic rings. The van der Waals surface area contributed by atoms with Crippen LogP contribution in [0.25, 0.3) is 0 Å². The first-order chi connectivity index (χ1) is 3.56. The quantitative estimate of drug-likeness (QED) is 0.513. The fourth-order valence-electron chi connectivity index (χ4n) is 0.398. The molecule has 0 bridgehead atoms. The van der Waals surface area contributed by atoms with Gasteiger partial charge in [0.05, 0.1) is 0 Å². The molecule has 0 unspecified atom stereocenters. The number of hydrogen-bond acceptors (Lipinski definition) is 0. The lowest BCUT2D eigenvalue weighted by atomic mass is 10.8. The van der Waals surface area contributed by atoms with Gasteiger partial charge in [0.25, 0.3) is 0 Å². The third-order valence-electron chi connectivity index (χ3n) is 0.819. The molecule has 48 valence electrons. The van der Waals surface area contributed by atoms with Gasteiger partial charge in [0, 0.05) is 8.07 Å². The molecule has 0 N–H and O–H groups in total. The zero-order valence-corrected chi connectivity index (χ0v) is 8.90. The highest BCUT2D eigenvalue weighted by Crippen LogP contribution is 2.08. The zero-order valence-electron chi connectivity index (χ0n) is 5.74. The Morgan fingerprint density at radius 2 is 1.88 bits per heavy atom. The van der Waals surface area contributed by atoms with E-state index in [1.165, 1.54) is 6.04 Å². The Morgan fingerprint density at radius 1 is 1.38 bits per heavy atom. The molecular formula is C6H13ISi. The van der Waals surface area contributed by atoms with E-state index in [-0.39, 0.29) is 0 Å². The number of halogens is 1. The van der Waals surface area contributed by atoms with Crippen molar-refractivity contribution in [2.45, 2.75) is 25.7 Å². The Hall–Kier alpha value is 0.687. The summed E-state index contributed by atoms with van der Waals surface area (Å²) in [6, 6.07) is 1.32. The van der Waals surface area contributed by atoms with E-state index in [4.69, 9.17) is 0 Å². The van der Waals surface area contributed by atoms with Gasteiger partial charge in [-0.3, -0.25) is 0 Å². The van der Waals surface area contributed by atoms with Gasteiger partial charge in [0.15, 0.2) is 0 Å². The molecule has 0 saturated carbocycles. The first-order valence-corrected chi connectivity index (χ1v) is 7.77. The molecule has 0 rings (SSSR count). The van der Waals surface area contributed by atoms with Gasteiger partial charge in [-0.05, 0) is 10.1 Å². The lowest BCUT2D eigenvalue weighted by molar-refractivity contribution is 1.52. The lowest BCUT2D eigenvalue weighted by Gasteiger charge is -2.10. The van der Waals surface area contributed by atoms with Crippen LogP contribution in [0, 0.1) is 0 Å². The van der Waals surface area contributed by atoms with Crippen LogP contribution in [0.5, 0.6) is 0 Å². The van der Waals surface area contributed by atoms with Crippen molar-refractivity contribution >= 4 is 30.7 Å². The molecule has 0 spiro atoms. The summed E-state index contributed by atoms with van der Waals surface area (Å²) in [6.45, 7) is 7.14. The Morgan fingerprint density at radius 3 is 2.00 bits per heavy atom. The van der Waals surface area contributed by atoms with Crippen molar-refractivity contribution in [3.63, 3.8) is 0 Å². The predicted octanol–water partition coefficient (Wildman–Crippen LogP) is 3.27. The second-order valence-corrected chi connectivity index (χ2v) is 9.38. The van der Waals surface area contributed by atoms with Crippen LogP contribution in [0.1, 0.15) is 0 Å². The second-order valence-electron chi connectivity index (χ2n) is 3.13. The van der Waals surface area contributed by atoms with E-state index in [1.807, 2.05) is 0 Å². The van der Waals surface area contributed by atoms with Crippen LogP contribution in [0.2, 0.25) is 25.7 Å². The van der Waals surface area contributed by atoms with Crippen LogP contribution in [0.3, 0.4) is 0 Å². The van der Waals surface area contributed by atoms with Gasteiger partial charge in [-0.25, -0.2) is 0 Å². The van der Waals surface area contributed by atoms with E-state index in [0.29, 0.717) is 0 Å². The van der Waals surface area contributed by atoms with Crippen molar-refractivity contribution in [1.29, 1.82) is 0 Å². The number of rotatable bonds is 2. The normalized spacial score (nSPS) is 13.0. The molecule has 0 radical (unpaired) electrons. The molecule has 2 heteroatoms. The Balaban J connectivity index is 3.39. The van der Waals surface area contributed by atoms with Crippen molar-refractivity contribution in [2.75, 3.05) is 0 Å². The molecule has 8 heavy (non-hydrogen) atoms. The van der Waals surface area contributed by atoms with Crippen molar-refractivity contribution < 1.29 is 0 Å². The summed E-state index contributed by atoms with van der Waals surface area (Å²) in [7, 11) is -0.770. The smallest absolute Gasteiger partial charge is 0.0480 e. The molecule has 0 aliphatic carbocycles. The standard InChI is InChI=1S/C6H13ISi/c1-8(2,3)6-4-5-7/h4-5H,6H2,1-3H3/b5-4+. The maximum absolute atomic E-state index is 2.38. The number of hydrogen-bond donors (Lipinski definition) is 0. The minimum Gasteiger partial charge on any atom is -0.0811 e. The maximum atomic E-state index is 2.38. The van der Waals surface area contributed by atoms with Crippen molar-refractivity contribution in [3.05, 3.63) is 10.2 Å². The maximum Gasteiger partial charge on any atom is 0.0480 e. The summed E-state index contributed by atoms with van der Waals surface area (Å²) in [5.74, 6) is 0. The highest BCUT2D eigenvalue weighted by atomic mass is 127. The third-order valence-corrected chi connectivity index (χ3v) is 2.79. The summed E-state index contributed by atoms with van der Waals surface area (Å²) in [5.41, 5.74) is 0. The molecule has 0 aromatic heterocycles. The van der Waals surface area contributed by atoms with Crippen LogP contribution in [-0.4, -0.2) is 8.07 Å². The van der Waals surface area contributed by atoms with Crippen LogP contribution in [-0.2, 0) is 0 Å². The summed E-state index contributed by atoms with van der Waals surface area (Å²) in [4.78, 5) is 0. The average Bonchev–Trinajstić information content (AvgIpc) is 1.59. The van der Waals surface area contributed by atoms with Gasteiger partial charge < -0.3 is 0 Å². The van der Waals surface area contributed by atoms with Crippen molar-refractivity contribution in [3.8, 4) is 0 Å². The molecular weight excluding hydrogens is 227 g/mol. The molecule has 0 fully saturated rings. The predicted molar refractivity (Wildman–Crippen MR) is 51.3 cm³/mol. The minimum atomic E-state index is -0.770. The fraction of sp³-hybridized carbons (Fsp3) is 0.667. The first kappa shape index (κ1) is 8.69. The van der Waals surface area contributed by atoms with Crippen LogP contribution in [0.15, 0.2) is 10.2 Å². The van der Waals surface area contributed by atoms with Gasteiger partial charge in [0.2, 0.25) is 0 Å². The SMILES string of the molecule is C[Si](C)(C)C/C=C/I. The van der Waals surface area contributed by atoms with E-state index in [0.717, 1.165) is 0 Å². The van der Waals surface area contributed by atoms with E-state index in [1.54, 1.807) is 0 Å². The van der Waals surface area contributed by atoms with Crippen molar-refractivity contribution in [1.82, 2.24) is 0 Å². The largest absolute Gasteiger partial charge is 0.0811 e. The monoisotopic (exact) mass is 240 g/mol. The Kier molecular flexibility index (Phi) is 3.98. The van der Waals surface area contributed by atoms with Gasteiger partial charge in [-0.1, -0.05) is 48.3 Å². The third kappa shape index (κ3) is 6.69. The molecule has 0 aromatic rings. The molecule has 0 nitrogen and oxygen atoms in total. The summed E-state index contributed by atoms with van der Waals surface area (Å²) < 4.78 is 2.11. The van der Waals surface area contributed by atoms with E-state index in [2.05, 4.69) is 52.4 Å².